The smallest absolute Gasteiger partial charge is 0.449 e. The summed E-state index contributed by atoms with van der Waals surface area (Å²) in [5.74, 6) is -2.38. The Bertz CT molecular complexity index is 563. The molecule has 0 aromatic heterocycles. The Hall–Kier alpha value is -2.25. The molecule has 1 saturated heterocycles. The Kier molecular flexibility index (Phi) is 5.12. The summed E-state index contributed by atoms with van der Waals surface area (Å²) in [5.41, 5.74) is 5.75. The fraction of sp³-hybridized carbons (Fsp3) is 0.467. The highest BCUT2D eigenvalue weighted by atomic mass is 19.4. The van der Waals surface area contributed by atoms with E-state index in [1.165, 1.54) is 0 Å². The molecular weight excluding hydrogens is 313 g/mol. The highest BCUT2D eigenvalue weighted by Crippen LogP contribution is 2.34. The minimum Gasteiger partial charge on any atom is -0.449 e. The fourth-order valence-corrected chi connectivity index (χ4v) is 2.83. The number of rotatable bonds is 3. The maximum atomic E-state index is 12.6. The molecule has 1 fully saturated rings. The maximum absolute atomic E-state index is 12.6. The number of ether oxygens (including phenoxy) is 1. The van der Waals surface area contributed by atoms with Crippen LogP contribution >= 0.6 is 0 Å². The standard InChI is InChI=1S/C15H17F3N2O3/c16-15(17,18)13(21)20-7-6-11(9-23-14(19)22)12(8-20)10-4-2-1-3-5-10/h1-5,11-12H,6-9H2,(H2,19,22). The molecule has 126 valence electrons. The lowest BCUT2D eigenvalue weighted by Crippen LogP contribution is -2.48. The number of benzene rings is 1. The molecule has 5 nitrogen and oxygen atoms in total. The van der Waals surface area contributed by atoms with Gasteiger partial charge in [0.05, 0.1) is 6.61 Å². The molecule has 2 amide bonds. The molecule has 1 heterocycles. The van der Waals surface area contributed by atoms with E-state index < -0.39 is 18.2 Å². The topological polar surface area (TPSA) is 72.6 Å². The first-order valence-corrected chi connectivity index (χ1v) is 7.12. The van der Waals surface area contributed by atoms with E-state index in [0.29, 0.717) is 6.42 Å². The molecule has 0 saturated carbocycles. The van der Waals surface area contributed by atoms with Gasteiger partial charge >= 0.3 is 18.2 Å². The van der Waals surface area contributed by atoms with Crippen LogP contribution in [0.3, 0.4) is 0 Å². The van der Waals surface area contributed by atoms with Crippen molar-refractivity contribution in [2.75, 3.05) is 19.7 Å². The van der Waals surface area contributed by atoms with Crippen molar-refractivity contribution in [2.45, 2.75) is 18.5 Å². The first-order valence-electron chi connectivity index (χ1n) is 7.12. The third-order valence-corrected chi connectivity index (χ3v) is 3.95. The fourth-order valence-electron chi connectivity index (χ4n) is 2.83. The number of likely N-dealkylation sites (tertiary alicyclic amines) is 1. The van der Waals surface area contributed by atoms with E-state index in [1.807, 2.05) is 0 Å². The molecule has 0 bridgehead atoms. The van der Waals surface area contributed by atoms with Crippen molar-refractivity contribution < 1.29 is 27.5 Å². The lowest BCUT2D eigenvalue weighted by atomic mass is 9.81. The molecule has 2 unspecified atom stereocenters. The van der Waals surface area contributed by atoms with Crippen LogP contribution in [0.1, 0.15) is 17.9 Å². The van der Waals surface area contributed by atoms with Crippen molar-refractivity contribution >= 4 is 12.0 Å². The SMILES string of the molecule is NC(=O)OCC1CCN(C(=O)C(F)(F)F)CC1c1ccccc1. The van der Waals surface area contributed by atoms with Gasteiger partial charge in [-0.25, -0.2) is 4.79 Å². The van der Waals surface area contributed by atoms with Crippen LogP contribution < -0.4 is 5.73 Å². The summed E-state index contributed by atoms with van der Waals surface area (Å²) in [4.78, 5) is 23.0. The first-order chi connectivity index (χ1) is 10.8. The van der Waals surface area contributed by atoms with Gasteiger partial charge in [-0.15, -0.1) is 0 Å². The Balaban J connectivity index is 2.17. The predicted octanol–water partition coefficient (Wildman–Crippen LogP) is 2.28. The van der Waals surface area contributed by atoms with E-state index in [9.17, 15) is 22.8 Å². The Morgan fingerprint density at radius 1 is 1.26 bits per heavy atom. The van der Waals surface area contributed by atoms with Crippen molar-refractivity contribution in [1.29, 1.82) is 0 Å². The van der Waals surface area contributed by atoms with E-state index in [-0.39, 0.29) is 31.5 Å². The number of halogens is 3. The minimum atomic E-state index is -4.89. The summed E-state index contributed by atoms with van der Waals surface area (Å²) < 4.78 is 42.7. The van der Waals surface area contributed by atoms with Gasteiger partial charge in [0.15, 0.2) is 0 Å². The molecule has 1 aromatic carbocycles. The number of amides is 2. The van der Waals surface area contributed by atoms with Gasteiger partial charge in [0, 0.05) is 24.9 Å². The van der Waals surface area contributed by atoms with E-state index in [0.717, 1.165) is 10.5 Å². The van der Waals surface area contributed by atoms with E-state index in [2.05, 4.69) is 0 Å². The summed E-state index contributed by atoms with van der Waals surface area (Å²) in [5, 5.41) is 0. The number of carbonyl (C=O) groups excluding carboxylic acids is 2. The van der Waals surface area contributed by atoms with Crippen molar-refractivity contribution in [1.82, 2.24) is 4.90 Å². The van der Waals surface area contributed by atoms with Gasteiger partial charge in [0.25, 0.3) is 0 Å². The number of nitrogens with two attached hydrogens (primary N) is 1. The molecule has 1 aliphatic rings. The van der Waals surface area contributed by atoms with Crippen LogP contribution in [0.25, 0.3) is 0 Å². The van der Waals surface area contributed by atoms with Gasteiger partial charge in [0.2, 0.25) is 0 Å². The van der Waals surface area contributed by atoms with Crippen molar-refractivity contribution in [3.05, 3.63) is 35.9 Å². The van der Waals surface area contributed by atoms with Gasteiger partial charge in [0.1, 0.15) is 0 Å². The van der Waals surface area contributed by atoms with E-state index in [1.54, 1.807) is 30.3 Å². The molecule has 0 radical (unpaired) electrons. The average molecular weight is 330 g/mol. The van der Waals surface area contributed by atoms with Gasteiger partial charge in [-0.05, 0) is 12.0 Å². The highest BCUT2D eigenvalue weighted by Gasteiger charge is 2.45. The summed E-state index contributed by atoms with van der Waals surface area (Å²) in [6.45, 7) is -0.0907. The zero-order chi connectivity index (χ0) is 17.0. The van der Waals surface area contributed by atoms with Crippen LogP contribution in [0.4, 0.5) is 18.0 Å². The van der Waals surface area contributed by atoms with Gasteiger partial charge in [-0.3, -0.25) is 4.79 Å². The van der Waals surface area contributed by atoms with Gasteiger partial charge in [-0.1, -0.05) is 30.3 Å². The molecule has 1 aromatic rings. The third kappa shape index (κ3) is 4.37. The van der Waals surface area contributed by atoms with Crippen LogP contribution in [0.15, 0.2) is 30.3 Å². The van der Waals surface area contributed by atoms with Crippen LogP contribution in [0.2, 0.25) is 0 Å². The van der Waals surface area contributed by atoms with Crippen LogP contribution in [0.5, 0.6) is 0 Å². The molecular formula is C15H17F3N2O3. The number of hydrogen-bond donors (Lipinski definition) is 1. The van der Waals surface area contributed by atoms with Crippen LogP contribution in [-0.4, -0.2) is 42.8 Å². The predicted molar refractivity (Wildman–Crippen MR) is 75.5 cm³/mol. The van der Waals surface area contributed by atoms with Crippen molar-refractivity contribution in [2.24, 2.45) is 11.7 Å². The zero-order valence-corrected chi connectivity index (χ0v) is 12.3. The van der Waals surface area contributed by atoms with Crippen LogP contribution in [-0.2, 0) is 9.53 Å². The molecule has 2 rings (SSSR count). The van der Waals surface area contributed by atoms with Crippen molar-refractivity contribution in [3.63, 3.8) is 0 Å². The second kappa shape index (κ2) is 6.89. The molecule has 0 spiro atoms. The summed E-state index contributed by atoms with van der Waals surface area (Å²) in [6.07, 6.45) is -5.52. The summed E-state index contributed by atoms with van der Waals surface area (Å²) in [6, 6.07) is 8.89. The number of nitrogens with zero attached hydrogens (tertiary/aromatic N) is 1. The molecule has 8 heteroatoms. The normalized spacial score (nSPS) is 21.8. The number of carbonyl (C=O) groups is 2. The quantitative estimate of drug-likeness (QED) is 0.924. The second-order valence-corrected chi connectivity index (χ2v) is 5.44. The molecule has 1 aliphatic heterocycles. The van der Waals surface area contributed by atoms with E-state index >= 15 is 0 Å². The molecule has 23 heavy (non-hydrogen) atoms. The second-order valence-electron chi connectivity index (χ2n) is 5.44. The van der Waals surface area contributed by atoms with Gasteiger partial charge < -0.3 is 15.4 Å². The number of primary amides is 1. The lowest BCUT2D eigenvalue weighted by molar-refractivity contribution is -0.187. The summed E-state index contributed by atoms with van der Waals surface area (Å²) >= 11 is 0. The Morgan fingerprint density at radius 2 is 1.91 bits per heavy atom. The monoisotopic (exact) mass is 330 g/mol. The number of hydrogen-bond acceptors (Lipinski definition) is 3. The summed E-state index contributed by atoms with van der Waals surface area (Å²) in [7, 11) is 0. The average Bonchev–Trinajstić information content (AvgIpc) is 2.52. The van der Waals surface area contributed by atoms with Crippen molar-refractivity contribution in [3.8, 4) is 0 Å². The lowest BCUT2D eigenvalue weighted by Gasteiger charge is -2.38. The van der Waals surface area contributed by atoms with E-state index in [4.69, 9.17) is 10.5 Å². The molecule has 2 atom stereocenters. The molecule has 2 N–H and O–H groups in total. The largest absolute Gasteiger partial charge is 0.471 e. The Morgan fingerprint density at radius 3 is 2.48 bits per heavy atom. The highest BCUT2D eigenvalue weighted by molar-refractivity contribution is 5.82. The Labute approximate surface area is 131 Å². The minimum absolute atomic E-state index is 0.0168. The third-order valence-electron chi connectivity index (χ3n) is 3.95. The zero-order valence-electron chi connectivity index (χ0n) is 12.3. The van der Waals surface area contributed by atoms with Gasteiger partial charge in [-0.2, -0.15) is 13.2 Å². The molecule has 0 aliphatic carbocycles. The maximum Gasteiger partial charge on any atom is 0.471 e. The number of alkyl halides is 3. The van der Waals surface area contributed by atoms with Crippen LogP contribution in [0, 0.1) is 5.92 Å². The first kappa shape index (κ1) is 17.1. The number of piperidine rings is 1.